The Bertz CT molecular complexity index is 1030. The first-order valence-electron chi connectivity index (χ1n) is 11.0. The zero-order valence-electron chi connectivity index (χ0n) is 17.9. The maximum absolute atomic E-state index is 13.3. The molecule has 0 bridgehead atoms. The van der Waals surface area contributed by atoms with Gasteiger partial charge in [-0.3, -0.25) is 9.59 Å². The van der Waals surface area contributed by atoms with Gasteiger partial charge < -0.3 is 4.90 Å². The van der Waals surface area contributed by atoms with Crippen LogP contribution in [0.1, 0.15) is 86.9 Å². The highest BCUT2D eigenvalue weighted by molar-refractivity contribution is 9.09. The van der Waals surface area contributed by atoms with Crippen molar-refractivity contribution in [2.24, 2.45) is 0 Å². The van der Waals surface area contributed by atoms with Gasteiger partial charge in [-0.1, -0.05) is 40.5 Å². The summed E-state index contributed by atoms with van der Waals surface area (Å²) in [6.45, 7) is 3.39. The van der Waals surface area contributed by atoms with Gasteiger partial charge in [-0.25, -0.2) is 0 Å². The van der Waals surface area contributed by atoms with Crippen molar-refractivity contribution in [2.45, 2.75) is 50.9 Å². The molecule has 2 aromatic rings. The van der Waals surface area contributed by atoms with Gasteiger partial charge in [0.1, 0.15) is 0 Å². The third-order valence-electron chi connectivity index (χ3n) is 6.89. The fourth-order valence-electron chi connectivity index (χ4n) is 4.75. The molecule has 0 N–H and O–H groups in total. The van der Waals surface area contributed by atoms with Gasteiger partial charge in [-0.2, -0.15) is 5.26 Å². The second kappa shape index (κ2) is 9.36. The first-order chi connectivity index (χ1) is 15.0. The average molecular weight is 479 g/mol. The number of nitriles is 1. The summed E-state index contributed by atoms with van der Waals surface area (Å²) in [6, 6.07) is 13.9. The highest BCUT2D eigenvalue weighted by Gasteiger charge is 2.29. The monoisotopic (exact) mass is 478 g/mol. The van der Waals surface area contributed by atoms with Crippen molar-refractivity contribution in [3.8, 4) is 6.07 Å². The molecule has 4 nitrogen and oxygen atoms in total. The maximum Gasteiger partial charge on any atom is 0.254 e. The van der Waals surface area contributed by atoms with Crippen molar-refractivity contribution in [1.82, 2.24) is 4.90 Å². The van der Waals surface area contributed by atoms with E-state index in [1.54, 1.807) is 0 Å². The number of ketones is 1. The predicted molar refractivity (Wildman–Crippen MR) is 125 cm³/mol. The molecule has 1 heterocycles. The van der Waals surface area contributed by atoms with E-state index in [0.29, 0.717) is 41.6 Å². The highest BCUT2D eigenvalue weighted by atomic mass is 79.9. The number of alkyl halides is 1. The Morgan fingerprint density at radius 1 is 1.03 bits per heavy atom. The van der Waals surface area contributed by atoms with E-state index in [9.17, 15) is 9.59 Å². The number of piperidine rings is 1. The molecular formula is C26H27BrN2O2. The highest BCUT2D eigenvalue weighted by Crippen LogP contribution is 2.39. The van der Waals surface area contributed by atoms with Crippen LogP contribution in [0.3, 0.4) is 0 Å². The molecule has 0 spiro atoms. The lowest BCUT2D eigenvalue weighted by Gasteiger charge is -2.33. The van der Waals surface area contributed by atoms with Crippen molar-refractivity contribution in [1.29, 1.82) is 5.26 Å². The number of Topliss-reactive ketones (excluding diaryl/α,β-unsaturated/α-hetero) is 1. The molecule has 5 heteroatoms. The van der Waals surface area contributed by atoms with Crippen molar-refractivity contribution in [3.63, 3.8) is 0 Å². The van der Waals surface area contributed by atoms with E-state index in [2.05, 4.69) is 28.1 Å². The van der Waals surface area contributed by atoms with Crippen molar-refractivity contribution >= 4 is 27.6 Å². The fraction of sp³-hybridized carbons (Fsp3) is 0.423. The molecular weight excluding hydrogens is 452 g/mol. The minimum Gasteiger partial charge on any atom is -0.339 e. The first kappa shape index (κ1) is 21.8. The molecule has 31 heavy (non-hydrogen) atoms. The molecule has 0 radical (unpaired) electrons. The van der Waals surface area contributed by atoms with Crippen LogP contribution in [-0.4, -0.2) is 35.0 Å². The van der Waals surface area contributed by atoms with E-state index in [1.807, 2.05) is 42.2 Å². The van der Waals surface area contributed by atoms with Crippen LogP contribution in [0.25, 0.3) is 0 Å². The van der Waals surface area contributed by atoms with Crippen molar-refractivity contribution < 1.29 is 9.59 Å². The summed E-state index contributed by atoms with van der Waals surface area (Å²) in [4.78, 5) is 27.9. The number of rotatable bonds is 5. The largest absolute Gasteiger partial charge is 0.339 e. The van der Waals surface area contributed by atoms with Crippen LogP contribution in [0, 0.1) is 18.3 Å². The molecule has 1 amide bonds. The van der Waals surface area contributed by atoms with Gasteiger partial charge in [0.05, 0.1) is 17.0 Å². The van der Waals surface area contributed by atoms with Gasteiger partial charge in [-0.05, 0) is 79.3 Å². The van der Waals surface area contributed by atoms with Crippen LogP contribution >= 0.6 is 15.9 Å². The molecule has 4 rings (SSSR count). The SMILES string of the molecule is Cc1cc(C2CCC2)c(C(=O)CBr)cc1C(=O)N1CCC(c2ccc(C#N)cc2)CC1. The average Bonchev–Trinajstić information content (AvgIpc) is 2.77. The summed E-state index contributed by atoms with van der Waals surface area (Å²) < 4.78 is 0. The second-order valence-corrected chi connectivity index (χ2v) is 9.30. The Labute approximate surface area is 192 Å². The summed E-state index contributed by atoms with van der Waals surface area (Å²) in [5.41, 5.74) is 5.35. The lowest BCUT2D eigenvalue weighted by Crippen LogP contribution is -2.38. The molecule has 0 unspecified atom stereocenters. The molecule has 160 valence electrons. The zero-order chi connectivity index (χ0) is 22.0. The van der Waals surface area contributed by atoms with E-state index in [-0.39, 0.29) is 17.0 Å². The molecule has 0 atom stereocenters. The number of nitrogens with zero attached hydrogens (tertiary/aromatic N) is 2. The topological polar surface area (TPSA) is 61.2 Å². The number of benzene rings is 2. The lowest BCUT2D eigenvalue weighted by atomic mass is 9.76. The number of aryl methyl sites for hydroxylation is 1. The molecule has 2 aromatic carbocycles. The quantitative estimate of drug-likeness (QED) is 0.407. The zero-order valence-corrected chi connectivity index (χ0v) is 19.5. The molecule has 2 fully saturated rings. The van der Waals surface area contributed by atoms with Gasteiger partial charge in [0.25, 0.3) is 5.91 Å². The number of hydrogen-bond acceptors (Lipinski definition) is 3. The van der Waals surface area contributed by atoms with E-state index in [4.69, 9.17) is 5.26 Å². The Kier molecular flexibility index (Phi) is 6.57. The van der Waals surface area contributed by atoms with Gasteiger partial charge in [0, 0.05) is 24.2 Å². The Balaban J connectivity index is 1.50. The van der Waals surface area contributed by atoms with Gasteiger partial charge in [0.2, 0.25) is 0 Å². The Morgan fingerprint density at radius 3 is 2.26 bits per heavy atom. The van der Waals surface area contributed by atoms with E-state index in [1.165, 1.54) is 12.0 Å². The van der Waals surface area contributed by atoms with Gasteiger partial charge in [-0.15, -0.1) is 0 Å². The Morgan fingerprint density at radius 2 is 1.71 bits per heavy atom. The maximum atomic E-state index is 13.3. The number of carbonyl (C=O) groups is 2. The lowest BCUT2D eigenvalue weighted by molar-refractivity contribution is 0.0712. The van der Waals surface area contributed by atoms with Gasteiger partial charge in [0.15, 0.2) is 5.78 Å². The number of amides is 1. The van der Waals surface area contributed by atoms with Gasteiger partial charge >= 0.3 is 0 Å². The smallest absolute Gasteiger partial charge is 0.254 e. The number of hydrogen-bond donors (Lipinski definition) is 0. The van der Waals surface area contributed by atoms with Crippen LogP contribution in [0.2, 0.25) is 0 Å². The molecule has 1 saturated carbocycles. The van der Waals surface area contributed by atoms with Crippen molar-refractivity contribution in [2.75, 3.05) is 18.4 Å². The van der Waals surface area contributed by atoms with Crippen LogP contribution < -0.4 is 0 Å². The second-order valence-electron chi connectivity index (χ2n) is 8.74. The summed E-state index contributed by atoms with van der Waals surface area (Å²) in [6.07, 6.45) is 5.27. The normalized spacial score (nSPS) is 17.1. The van der Waals surface area contributed by atoms with E-state index >= 15 is 0 Å². The minimum atomic E-state index is 0.0274. The molecule has 1 saturated heterocycles. The van der Waals surface area contributed by atoms with Crippen LogP contribution in [0.5, 0.6) is 0 Å². The molecule has 1 aliphatic carbocycles. The summed E-state index contributed by atoms with van der Waals surface area (Å²) in [7, 11) is 0. The third kappa shape index (κ3) is 4.45. The molecule has 0 aromatic heterocycles. The number of carbonyl (C=O) groups excluding carboxylic acids is 2. The van der Waals surface area contributed by atoms with Crippen LogP contribution in [0.15, 0.2) is 36.4 Å². The number of halogens is 1. The molecule has 2 aliphatic rings. The third-order valence-corrected chi connectivity index (χ3v) is 7.40. The van der Waals surface area contributed by atoms with E-state index < -0.39 is 0 Å². The standard InChI is InChI=1S/C26H27BrN2O2/c1-17-13-23(21-3-2-4-21)24(25(30)15-27)14-22(17)26(31)29-11-9-20(10-12-29)19-7-5-18(16-28)6-8-19/h5-8,13-14,20-21H,2-4,9-12,15H2,1H3. The van der Waals surface area contributed by atoms with Crippen LogP contribution in [-0.2, 0) is 0 Å². The predicted octanol–water partition coefficient (Wildman–Crippen LogP) is 5.73. The number of likely N-dealkylation sites (tertiary alicyclic amines) is 1. The molecule has 1 aliphatic heterocycles. The Hall–Kier alpha value is -2.45. The first-order valence-corrected chi connectivity index (χ1v) is 12.2. The van der Waals surface area contributed by atoms with Crippen molar-refractivity contribution in [3.05, 3.63) is 69.8 Å². The fourth-order valence-corrected chi connectivity index (χ4v) is 5.05. The van der Waals surface area contributed by atoms with Crippen LogP contribution in [0.4, 0.5) is 0 Å². The summed E-state index contributed by atoms with van der Waals surface area (Å²) in [5.74, 6) is 0.934. The minimum absolute atomic E-state index is 0.0274. The van der Waals surface area contributed by atoms with E-state index in [0.717, 1.165) is 36.8 Å². The summed E-state index contributed by atoms with van der Waals surface area (Å²) in [5, 5.41) is 9.26. The summed E-state index contributed by atoms with van der Waals surface area (Å²) >= 11 is 3.31.